The van der Waals surface area contributed by atoms with Crippen molar-refractivity contribution in [3.05, 3.63) is 180 Å². The monoisotopic (exact) mass is 882 g/mol. The lowest BCUT2D eigenvalue weighted by molar-refractivity contribution is 0.489. The second-order valence-electron chi connectivity index (χ2n) is 21.5. The number of rotatable bonds is 2. The van der Waals surface area contributed by atoms with Crippen molar-refractivity contribution in [2.75, 3.05) is 0 Å². The largest absolute Gasteiger partial charge is 0.456 e. The second-order valence-corrected chi connectivity index (χ2v) is 30.2. The van der Waals surface area contributed by atoms with Crippen molar-refractivity contribution in [1.82, 2.24) is 0 Å². The standard InChI is InChI=1S/C62H50O2Si2/c1-61(2)45-19-11-9-15-43(45)55-47(61)31-33-51-59(55)63-57-41(17-13-21-49(57)65(51,5)6)37-27-23-35-26-30-40-38(28-24-36-25-29-39(37)53(35)54(36)40)42-18-14-22-50-58(42)64-60-52(66(50,7)8)34-32-48-56(60)44-16-10-12-20-46(44)62(48,3)4/h9-34H,1-8H3. The number of para-hydroxylation sites is 2. The van der Waals surface area contributed by atoms with Gasteiger partial charge in [0.05, 0.1) is 0 Å². The highest BCUT2D eigenvalue weighted by molar-refractivity contribution is 7.02. The highest BCUT2D eigenvalue weighted by atomic mass is 28.3. The van der Waals surface area contributed by atoms with Crippen LogP contribution < -0.4 is 30.2 Å². The molecular weight excluding hydrogens is 833 g/mol. The van der Waals surface area contributed by atoms with Crippen molar-refractivity contribution >= 4 is 69.2 Å². The molecule has 0 saturated carbocycles. The summed E-state index contributed by atoms with van der Waals surface area (Å²) in [5.41, 5.74) is 15.2. The molecule has 0 N–H and O–H groups in total. The molecule has 2 nitrogen and oxygen atoms in total. The van der Waals surface area contributed by atoms with Crippen LogP contribution in [0.5, 0.6) is 23.0 Å². The SMILES string of the molecule is CC1(C)c2ccccc2-c2c1ccc1c2Oc2c(-c3ccc4ccc5c(-c6cccc7c6Oc6c(ccc8c6-c6ccccc6C8(C)C)[Si]7(C)C)ccc6ccc3c4c65)cccc2[Si]1(C)C. The zero-order valence-electron chi connectivity index (χ0n) is 38.8. The molecule has 2 aliphatic heterocycles. The zero-order valence-corrected chi connectivity index (χ0v) is 40.8. The average molecular weight is 883 g/mol. The molecule has 10 aromatic rings. The maximum Gasteiger partial charge on any atom is 0.135 e. The fourth-order valence-corrected chi connectivity index (χ4v) is 18.8. The van der Waals surface area contributed by atoms with E-state index < -0.39 is 16.1 Å². The Morgan fingerprint density at radius 2 is 0.697 bits per heavy atom. The lowest BCUT2D eigenvalue weighted by Gasteiger charge is -2.36. The van der Waals surface area contributed by atoms with Gasteiger partial charge in [0.15, 0.2) is 0 Å². The first-order chi connectivity index (χ1) is 31.8. The van der Waals surface area contributed by atoms with Crippen LogP contribution in [-0.2, 0) is 10.8 Å². The van der Waals surface area contributed by atoms with Crippen molar-refractivity contribution in [3.8, 4) is 67.5 Å². The van der Waals surface area contributed by atoms with Crippen LogP contribution in [0, 0.1) is 0 Å². The molecule has 66 heavy (non-hydrogen) atoms. The van der Waals surface area contributed by atoms with E-state index in [0.717, 1.165) is 34.1 Å². The molecule has 0 fully saturated rings. The van der Waals surface area contributed by atoms with Gasteiger partial charge in [-0.25, -0.2) is 0 Å². The van der Waals surface area contributed by atoms with Gasteiger partial charge in [-0.05, 0) is 97.6 Å². The normalized spacial score (nSPS) is 16.9. The molecule has 0 amide bonds. The van der Waals surface area contributed by atoms with Gasteiger partial charge in [0, 0.05) is 33.1 Å². The Morgan fingerprint density at radius 3 is 1.14 bits per heavy atom. The van der Waals surface area contributed by atoms with E-state index >= 15 is 0 Å². The molecule has 0 bridgehead atoms. The lowest BCUT2D eigenvalue weighted by atomic mass is 9.82. The second kappa shape index (κ2) is 12.6. The van der Waals surface area contributed by atoms with Crippen LogP contribution in [0.4, 0.5) is 0 Å². The average Bonchev–Trinajstić information content (AvgIpc) is 3.70. The Bertz CT molecular complexity index is 3580. The van der Waals surface area contributed by atoms with E-state index in [4.69, 9.17) is 9.47 Å². The summed E-state index contributed by atoms with van der Waals surface area (Å²) in [5.74, 6) is 4.16. The summed E-state index contributed by atoms with van der Waals surface area (Å²) in [6, 6.07) is 59.9. The van der Waals surface area contributed by atoms with E-state index in [0.29, 0.717) is 0 Å². The van der Waals surface area contributed by atoms with Crippen LogP contribution in [0.15, 0.2) is 158 Å². The fraction of sp³-hybridized carbons (Fsp3) is 0.161. The van der Waals surface area contributed by atoms with Crippen molar-refractivity contribution in [2.24, 2.45) is 0 Å². The van der Waals surface area contributed by atoms with Crippen molar-refractivity contribution in [3.63, 3.8) is 0 Å². The first-order valence-corrected chi connectivity index (χ1v) is 29.7. The number of benzene rings is 10. The lowest BCUT2D eigenvalue weighted by Crippen LogP contribution is -2.56. The summed E-state index contributed by atoms with van der Waals surface area (Å²) in [6.45, 7) is 19.4. The minimum Gasteiger partial charge on any atom is -0.456 e. The van der Waals surface area contributed by atoms with E-state index in [9.17, 15) is 0 Å². The third-order valence-corrected chi connectivity index (χ3v) is 23.7. The Hall–Kier alpha value is -6.73. The molecule has 0 aromatic heterocycles. The van der Waals surface area contributed by atoms with Crippen LogP contribution in [0.25, 0.3) is 76.8 Å². The van der Waals surface area contributed by atoms with Crippen LogP contribution in [0.2, 0.25) is 26.2 Å². The Labute approximate surface area is 388 Å². The van der Waals surface area contributed by atoms with Crippen molar-refractivity contribution < 1.29 is 9.47 Å². The molecule has 2 aliphatic carbocycles. The van der Waals surface area contributed by atoms with Gasteiger partial charge in [-0.3, -0.25) is 0 Å². The van der Waals surface area contributed by atoms with Crippen molar-refractivity contribution in [2.45, 2.75) is 64.7 Å². The number of hydrogen-bond donors (Lipinski definition) is 0. The highest BCUT2D eigenvalue weighted by Crippen LogP contribution is 2.56. The molecule has 14 rings (SSSR count). The first-order valence-electron chi connectivity index (χ1n) is 23.7. The Kier molecular flexibility index (Phi) is 7.34. The predicted molar refractivity (Wildman–Crippen MR) is 283 cm³/mol. The van der Waals surface area contributed by atoms with E-state index in [-0.39, 0.29) is 10.8 Å². The van der Waals surface area contributed by atoms with E-state index in [1.807, 2.05) is 0 Å². The highest BCUT2D eigenvalue weighted by Gasteiger charge is 2.46. The van der Waals surface area contributed by atoms with Gasteiger partial charge >= 0.3 is 0 Å². The Balaban J connectivity index is 0.953. The van der Waals surface area contributed by atoms with E-state index in [1.165, 1.54) is 109 Å². The third kappa shape index (κ3) is 4.66. The topological polar surface area (TPSA) is 18.5 Å². The summed E-state index contributed by atoms with van der Waals surface area (Å²) in [7, 11) is -4.38. The maximum atomic E-state index is 7.44. The van der Waals surface area contributed by atoms with Crippen LogP contribution in [-0.4, -0.2) is 16.1 Å². The molecule has 4 heteroatoms. The number of hydrogen-bond acceptors (Lipinski definition) is 2. The van der Waals surface area contributed by atoms with Crippen molar-refractivity contribution in [1.29, 1.82) is 0 Å². The summed E-state index contributed by atoms with van der Waals surface area (Å²) < 4.78 is 14.9. The molecule has 318 valence electrons. The van der Waals surface area contributed by atoms with Gasteiger partial charge in [-0.2, -0.15) is 0 Å². The molecule has 2 heterocycles. The number of ether oxygens (including phenoxy) is 2. The van der Waals surface area contributed by atoms with Gasteiger partial charge in [0.25, 0.3) is 0 Å². The summed E-state index contributed by atoms with van der Waals surface area (Å²) in [6.07, 6.45) is 0. The minimum atomic E-state index is -2.19. The molecule has 0 radical (unpaired) electrons. The van der Waals surface area contributed by atoms with Crippen LogP contribution >= 0.6 is 0 Å². The predicted octanol–water partition coefficient (Wildman–Crippen LogP) is 14.4. The van der Waals surface area contributed by atoms with Gasteiger partial charge in [0.2, 0.25) is 0 Å². The first kappa shape index (κ1) is 38.5. The van der Waals surface area contributed by atoms with E-state index in [2.05, 4.69) is 212 Å². The Morgan fingerprint density at radius 1 is 0.318 bits per heavy atom. The van der Waals surface area contributed by atoms with E-state index in [1.54, 1.807) is 0 Å². The zero-order chi connectivity index (χ0) is 44.8. The van der Waals surface area contributed by atoms with Crippen LogP contribution in [0.3, 0.4) is 0 Å². The van der Waals surface area contributed by atoms with Gasteiger partial charge in [-0.1, -0.05) is 212 Å². The van der Waals surface area contributed by atoms with Gasteiger partial charge < -0.3 is 9.47 Å². The maximum absolute atomic E-state index is 7.44. The molecule has 0 saturated heterocycles. The quantitative estimate of drug-likeness (QED) is 0.127. The molecule has 4 aliphatic rings. The van der Waals surface area contributed by atoms with Crippen LogP contribution in [0.1, 0.15) is 49.9 Å². The minimum absolute atomic E-state index is 0.0992. The molecular formula is C62H50O2Si2. The van der Waals surface area contributed by atoms with Gasteiger partial charge in [0.1, 0.15) is 39.1 Å². The molecule has 0 spiro atoms. The smallest absolute Gasteiger partial charge is 0.135 e. The van der Waals surface area contributed by atoms with Gasteiger partial charge in [-0.15, -0.1) is 0 Å². The summed E-state index contributed by atoms with van der Waals surface area (Å²) in [4.78, 5) is 0. The third-order valence-electron chi connectivity index (χ3n) is 16.8. The molecule has 0 atom stereocenters. The molecule has 10 aromatic carbocycles. The summed E-state index contributed by atoms with van der Waals surface area (Å²) in [5, 5.41) is 13.1. The summed E-state index contributed by atoms with van der Waals surface area (Å²) >= 11 is 0. The number of fused-ring (bicyclic) bond motifs is 12. The fourth-order valence-electron chi connectivity index (χ4n) is 13.2. The molecule has 0 unspecified atom stereocenters.